The van der Waals surface area contributed by atoms with Crippen molar-refractivity contribution in [3.05, 3.63) is 0 Å². The van der Waals surface area contributed by atoms with E-state index in [-0.39, 0.29) is 6.04 Å². The Kier molecular flexibility index (Phi) is 3.15. The van der Waals surface area contributed by atoms with Crippen molar-refractivity contribution in [2.75, 3.05) is 6.54 Å². The SMILES string of the molecule is CCC(=O)C(C)N1CCCC12CCCC2. The van der Waals surface area contributed by atoms with Gasteiger partial charge in [0, 0.05) is 12.0 Å². The smallest absolute Gasteiger partial charge is 0.149 e. The van der Waals surface area contributed by atoms with Gasteiger partial charge >= 0.3 is 0 Å². The molecule has 1 aliphatic carbocycles. The number of ketones is 1. The van der Waals surface area contributed by atoms with Crippen LogP contribution >= 0.6 is 0 Å². The molecular formula is C13H23NO. The van der Waals surface area contributed by atoms with E-state index in [2.05, 4.69) is 11.8 Å². The lowest BCUT2D eigenvalue weighted by Gasteiger charge is -2.38. The van der Waals surface area contributed by atoms with Gasteiger partial charge in [0.15, 0.2) is 0 Å². The molecule has 2 aliphatic rings. The van der Waals surface area contributed by atoms with Crippen LogP contribution in [-0.4, -0.2) is 28.8 Å². The zero-order valence-corrected chi connectivity index (χ0v) is 10.1. The molecule has 1 heterocycles. The molecule has 0 aromatic rings. The van der Waals surface area contributed by atoms with Gasteiger partial charge in [0.1, 0.15) is 5.78 Å². The second-order valence-corrected chi connectivity index (χ2v) is 5.22. The fourth-order valence-electron chi connectivity index (χ4n) is 3.60. The van der Waals surface area contributed by atoms with E-state index in [0.29, 0.717) is 17.7 Å². The minimum Gasteiger partial charge on any atom is -0.298 e. The highest BCUT2D eigenvalue weighted by Gasteiger charge is 2.45. The summed E-state index contributed by atoms with van der Waals surface area (Å²) in [5.41, 5.74) is 0.421. The maximum absolute atomic E-state index is 11.8. The average Bonchev–Trinajstić information content (AvgIpc) is 2.87. The maximum atomic E-state index is 11.8. The molecule has 0 radical (unpaired) electrons. The second-order valence-electron chi connectivity index (χ2n) is 5.22. The van der Waals surface area contributed by atoms with E-state index < -0.39 is 0 Å². The highest BCUT2D eigenvalue weighted by molar-refractivity contribution is 5.83. The number of carbonyl (C=O) groups is 1. The molecule has 1 saturated carbocycles. The van der Waals surface area contributed by atoms with Crippen LogP contribution in [0.4, 0.5) is 0 Å². The van der Waals surface area contributed by atoms with Crippen LogP contribution in [0.3, 0.4) is 0 Å². The molecule has 2 fully saturated rings. The second kappa shape index (κ2) is 4.25. The number of hydrogen-bond donors (Lipinski definition) is 0. The van der Waals surface area contributed by atoms with Crippen molar-refractivity contribution < 1.29 is 4.79 Å². The Hall–Kier alpha value is -0.370. The summed E-state index contributed by atoms with van der Waals surface area (Å²) in [5, 5.41) is 0. The lowest BCUT2D eigenvalue weighted by atomic mass is 9.92. The van der Waals surface area contributed by atoms with Gasteiger partial charge in [0.25, 0.3) is 0 Å². The Labute approximate surface area is 93.0 Å². The van der Waals surface area contributed by atoms with Crippen molar-refractivity contribution in [2.24, 2.45) is 0 Å². The first kappa shape index (κ1) is 11.1. The lowest BCUT2D eigenvalue weighted by molar-refractivity contribution is -0.125. The van der Waals surface area contributed by atoms with Gasteiger partial charge in [-0.25, -0.2) is 0 Å². The fourth-order valence-corrected chi connectivity index (χ4v) is 3.60. The summed E-state index contributed by atoms with van der Waals surface area (Å²) < 4.78 is 0. The highest BCUT2D eigenvalue weighted by atomic mass is 16.1. The van der Waals surface area contributed by atoms with E-state index in [1.165, 1.54) is 38.5 Å². The molecule has 15 heavy (non-hydrogen) atoms. The van der Waals surface area contributed by atoms with Gasteiger partial charge in [-0.15, -0.1) is 0 Å². The summed E-state index contributed by atoms with van der Waals surface area (Å²) >= 11 is 0. The van der Waals surface area contributed by atoms with E-state index in [1.807, 2.05) is 6.92 Å². The average molecular weight is 209 g/mol. The van der Waals surface area contributed by atoms with Gasteiger partial charge < -0.3 is 0 Å². The van der Waals surface area contributed by atoms with E-state index in [4.69, 9.17) is 0 Å². The molecule has 2 heteroatoms. The summed E-state index contributed by atoms with van der Waals surface area (Å²) in [4.78, 5) is 14.3. The Bertz CT molecular complexity index is 237. The van der Waals surface area contributed by atoms with Gasteiger partial charge in [-0.2, -0.15) is 0 Å². The zero-order chi connectivity index (χ0) is 10.9. The van der Waals surface area contributed by atoms with Crippen molar-refractivity contribution in [1.29, 1.82) is 0 Å². The molecule has 1 atom stereocenters. The first-order chi connectivity index (χ1) is 7.19. The predicted octanol–water partition coefficient (Wildman–Crippen LogP) is 2.76. The first-order valence-corrected chi connectivity index (χ1v) is 6.49. The van der Waals surface area contributed by atoms with Crippen LogP contribution in [0.15, 0.2) is 0 Å². The zero-order valence-electron chi connectivity index (χ0n) is 10.1. The molecule has 2 nitrogen and oxygen atoms in total. The topological polar surface area (TPSA) is 20.3 Å². The lowest BCUT2D eigenvalue weighted by Crippen LogP contribution is -2.49. The molecule has 1 unspecified atom stereocenters. The van der Waals surface area contributed by atoms with Crippen molar-refractivity contribution >= 4 is 5.78 Å². The molecule has 0 amide bonds. The number of likely N-dealkylation sites (tertiary alicyclic amines) is 1. The number of Topliss-reactive ketones (excluding diaryl/α,β-unsaturated/α-hetero) is 1. The van der Waals surface area contributed by atoms with Crippen LogP contribution in [0.2, 0.25) is 0 Å². The number of nitrogens with zero attached hydrogens (tertiary/aromatic N) is 1. The maximum Gasteiger partial charge on any atom is 0.149 e. The van der Waals surface area contributed by atoms with Crippen LogP contribution in [-0.2, 0) is 4.79 Å². The Morgan fingerprint density at radius 2 is 1.87 bits per heavy atom. The first-order valence-electron chi connectivity index (χ1n) is 6.49. The van der Waals surface area contributed by atoms with Gasteiger partial charge in [-0.3, -0.25) is 9.69 Å². The van der Waals surface area contributed by atoms with Crippen molar-refractivity contribution in [1.82, 2.24) is 4.90 Å². The van der Waals surface area contributed by atoms with Gasteiger partial charge in [-0.1, -0.05) is 19.8 Å². The number of carbonyl (C=O) groups excluding carboxylic acids is 1. The predicted molar refractivity (Wildman–Crippen MR) is 61.9 cm³/mol. The van der Waals surface area contributed by atoms with E-state index in [1.54, 1.807) is 0 Å². The third-order valence-electron chi connectivity index (χ3n) is 4.47. The van der Waals surface area contributed by atoms with E-state index >= 15 is 0 Å². The monoisotopic (exact) mass is 209 g/mol. The molecule has 1 aliphatic heterocycles. The third kappa shape index (κ3) is 1.84. The molecule has 0 aromatic carbocycles. The Morgan fingerprint density at radius 1 is 1.27 bits per heavy atom. The minimum absolute atomic E-state index is 0.163. The van der Waals surface area contributed by atoms with E-state index in [9.17, 15) is 4.79 Å². The molecule has 1 saturated heterocycles. The molecule has 0 N–H and O–H groups in total. The van der Waals surface area contributed by atoms with Crippen LogP contribution in [0.5, 0.6) is 0 Å². The molecule has 86 valence electrons. The fraction of sp³-hybridized carbons (Fsp3) is 0.923. The molecule has 0 bridgehead atoms. The van der Waals surface area contributed by atoms with Crippen molar-refractivity contribution in [2.45, 2.75) is 70.4 Å². The highest BCUT2D eigenvalue weighted by Crippen LogP contribution is 2.44. The van der Waals surface area contributed by atoms with Crippen molar-refractivity contribution in [3.63, 3.8) is 0 Å². The van der Waals surface area contributed by atoms with Crippen LogP contribution < -0.4 is 0 Å². The number of rotatable bonds is 3. The van der Waals surface area contributed by atoms with Gasteiger partial charge in [0.05, 0.1) is 6.04 Å². The van der Waals surface area contributed by atoms with Crippen LogP contribution in [0.25, 0.3) is 0 Å². The quantitative estimate of drug-likeness (QED) is 0.712. The van der Waals surface area contributed by atoms with Crippen LogP contribution in [0, 0.1) is 0 Å². The standard InChI is InChI=1S/C13H23NO/c1-3-12(15)11(2)14-10-6-9-13(14)7-4-5-8-13/h11H,3-10H2,1-2H3. The van der Waals surface area contributed by atoms with Crippen LogP contribution in [0.1, 0.15) is 58.8 Å². The minimum atomic E-state index is 0.163. The molecule has 1 spiro atoms. The summed E-state index contributed by atoms with van der Waals surface area (Å²) in [7, 11) is 0. The van der Waals surface area contributed by atoms with Gasteiger partial charge in [0.2, 0.25) is 0 Å². The van der Waals surface area contributed by atoms with Gasteiger partial charge in [-0.05, 0) is 39.2 Å². The van der Waals surface area contributed by atoms with Crippen molar-refractivity contribution in [3.8, 4) is 0 Å². The largest absolute Gasteiger partial charge is 0.298 e. The molecule has 2 rings (SSSR count). The summed E-state index contributed by atoms with van der Waals surface area (Å²) in [6.45, 7) is 5.24. The Balaban J connectivity index is 2.10. The Morgan fingerprint density at radius 3 is 2.47 bits per heavy atom. The third-order valence-corrected chi connectivity index (χ3v) is 4.47. The molecular weight excluding hydrogens is 186 g/mol. The normalized spacial score (nSPS) is 27.3. The molecule has 0 aromatic heterocycles. The summed E-state index contributed by atoms with van der Waals surface area (Å²) in [6, 6.07) is 0.163. The summed E-state index contributed by atoms with van der Waals surface area (Å²) in [5.74, 6) is 0.420. The van der Waals surface area contributed by atoms with E-state index in [0.717, 1.165) is 6.54 Å². The number of hydrogen-bond acceptors (Lipinski definition) is 2. The summed E-state index contributed by atoms with van der Waals surface area (Å²) in [6.07, 6.45) is 8.69.